The summed E-state index contributed by atoms with van der Waals surface area (Å²) in [5.74, 6) is 0.629. The van der Waals surface area contributed by atoms with E-state index in [4.69, 9.17) is 0 Å². The normalized spacial score (nSPS) is 30.3. The van der Waals surface area contributed by atoms with Gasteiger partial charge in [-0.05, 0) is 36.5 Å². The Labute approximate surface area is 105 Å². The summed E-state index contributed by atoms with van der Waals surface area (Å²) in [4.78, 5) is 0. The van der Waals surface area contributed by atoms with Crippen LogP contribution in [0.3, 0.4) is 0 Å². The van der Waals surface area contributed by atoms with Crippen molar-refractivity contribution in [3.05, 3.63) is 34.3 Å². The van der Waals surface area contributed by atoms with E-state index in [2.05, 4.69) is 52.4 Å². The van der Waals surface area contributed by atoms with Gasteiger partial charge >= 0.3 is 0 Å². The molecular weight excluding hydrogens is 266 g/mol. The van der Waals surface area contributed by atoms with Crippen molar-refractivity contribution >= 4 is 15.9 Å². The van der Waals surface area contributed by atoms with Crippen molar-refractivity contribution in [2.24, 2.45) is 5.92 Å². The van der Waals surface area contributed by atoms with Crippen LogP contribution in [0, 0.1) is 5.92 Å². The Kier molecular flexibility index (Phi) is 4.00. The Hall–Kier alpha value is -0.380. The maximum absolute atomic E-state index is 9.22. The van der Waals surface area contributed by atoms with Gasteiger partial charge in [0.05, 0.1) is 6.61 Å². The fourth-order valence-electron chi connectivity index (χ4n) is 2.37. The lowest BCUT2D eigenvalue weighted by atomic mass is 9.85. The van der Waals surface area contributed by atoms with Crippen LogP contribution in [0.1, 0.15) is 31.4 Å². The topological polar surface area (TPSA) is 32.3 Å². The van der Waals surface area contributed by atoms with Crippen molar-refractivity contribution in [2.45, 2.75) is 31.8 Å². The van der Waals surface area contributed by atoms with Crippen molar-refractivity contribution < 1.29 is 5.11 Å². The third kappa shape index (κ3) is 2.65. The van der Waals surface area contributed by atoms with E-state index in [1.54, 1.807) is 0 Å². The predicted octanol–water partition coefficient (Wildman–Crippen LogP) is 2.87. The highest BCUT2D eigenvalue weighted by molar-refractivity contribution is 9.10. The van der Waals surface area contributed by atoms with Gasteiger partial charge in [0.25, 0.3) is 0 Å². The monoisotopic (exact) mass is 283 g/mol. The summed E-state index contributed by atoms with van der Waals surface area (Å²) < 4.78 is 1.11. The second-order valence-corrected chi connectivity index (χ2v) is 5.55. The molecular formula is C13H18BrNO. The fourth-order valence-corrected chi connectivity index (χ4v) is 2.64. The largest absolute Gasteiger partial charge is 0.395 e. The van der Waals surface area contributed by atoms with Gasteiger partial charge < -0.3 is 10.4 Å². The van der Waals surface area contributed by atoms with Crippen LogP contribution in [0.5, 0.6) is 0 Å². The summed E-state index contributed by atoms with van der Waals surface area (Å²) in [6.45, 7) is 2.51. The van der Waals surface area contributed by atoms with Crippen LogP contribution in [-0.2, 0) is 0 Å². The molecule has 2 nitrogen and oxygen atoms in total. The van der Waals surface area contributed by atoms with Crippen LogP contribution >= 0.6 is 15.9 Å². The van der Waals surface area contributed by atoms with E-state index in [9.17, 15) is 5.11 Å². The van der Waals surface area contributed by atoms with Crippen molar-refractivity contribution in [3.63, 3.8) is 0 Å². The molecule has 2 N–H and O–H groups in total. The molecule has 0 spiro atoms. The zero-order chi connectivity index (χ0) is 11.5. The molecule has 16 heavy (non-hydrogen) atoms. The summed E-state index contributed by atoms with van der Waals surface area (Å²) in [5, 5.41) is 12.7. The first-order valence-electron chi connectivity index (χ1n) is 5.83. The lowest BCUT2D eigenvalue weighted by molar-refractivity contribution is 0.169. The van der Waals surface area contributed by atoms with Crippen molar-refractivity contribution in [1.29, 1.82) is 0 Å². The number of hydrogen-bond donors (Lipinski definition) is 2. The van der Waals surface area contributed by atoms with Gasteiger partial charge in [-0.2, -0.15) is 0 Å². The van der Waals surface area contributed by atoms with Gasteiger partial charge in [0, 0.05) is 16.6 Å². The number of nitrogens with one attached hydrogen (secondary N) is 1. The highest BCUT2D eigenvalue weighted by Gasteiger charge is 2.27. The molecule has 2 rings (SSSR count). The van der Waals surface area contributed by atoms with Crippen LogP contribution in [0.4, 0.5) is 0 Å². The minimum atomic E-state index is 0.236. The predicted molar refractivity (Wildman–Crippen MR) is 69.3 cm³/mol. The third-order valence-corrected chi connectivity index (χ3v) is 3.93. The van der Waals surface area contributed by atoms with Gasteiger partial charge in [-0.15, -0.1) is 0 Å². The molecule has 0 bridgehead atoms. The van der Waals surface area contributed by atoms with E-state index in [0.717, 1.165) is 10.9 Å². The first-order valence-corrected chi connectivity index (χ1v) is 6.62. The van der Waals surface area contributed by atoms with E-state index < -0.39 is 0 Å². The molecule has 0 aliphatic carbocycles. The molecule has 0 saturated carbocycles. The molecule has 88 valence electrons. The molecule has 1 aliphatic heterocycles. The van der Waals surface area contributed by atoms with Gasteiger partial charge in [0.1, 0.15) is 0 Å². The zero-order valence-electron chi connectivity index (χ0n) is 9.49. The lowest BCUT2D eigenvalue weighted by Crippen LogP contribution is -2.42. The van der Waals surface area contributed by atoms with Crippen molar-refractivity contribution in [3.8, 4) is 0 Å². The fraction of sp³-hybridized carbons (Fsp3) is 0.538. The zero-order valence-corrected chi connectivity index (χ0v) is 11.1. The van der Waals surface area contributed by atoms with Gasteiger partial charge in [-0.1, -0.05) is 35.0 Å². The molecule has 1 aliphatic rings. The SMILES string of the molecule is C[C@H]1CC[C@@H](CO)N[C@@H]1c1ccc(Br)cc1. The molecule has 1 aromatic rings. The molecule has 1 heterocycles. The van der Waals surface area contributed by atoms with E-state index in [0.29, 0.717) is 12.0 Å². The number of benzene rings is 1. The number of rotatable bonds is 2. The minimum absolute atomic E-state index is 0.236. The Balaban J connectivity index is 2.14. The highest BCUT2D eigenvalue weighted by atomic mass is 79.9. The highest BCUT2D eigenvalue weighted by Crippen LogP contribution is 2.31. The van der Waals surface area contributed by atoms with Gasteiger partial charge in [0.15, 0.2) is 0 Å². The van der Waals surface area contributed by atoms with Gasteiger partial charge in [-0.3, -0.25) is 0 Å². The van der Waals surface area contributed by atoms with Crippen molar-refractivity contribution in [2.75, 3.05) is 6.61 Å². The maximum atomic E-state index is 9.22. The van der Waals surface area contributed by atoms with Crippen LogP contribution < -0.4 is 5.32 Å². The van der Waals surface area contributed by atoms with Gasteiger partial charge in [-0.25, -0.2) is 0 Å². The number of aliphatic hydroxyl groups excluding tert-OH is 1. The van der Waals surface area contributed by atoms with E-state index in [-0.39, 0.29) is 12.6 Å². The quantitative estimate of drug-likeness (QED) is 0.875. The molecule has 0 radical (unpaired) electrons. The Morgan fingerprint density at radius 2 is 2.00 bits per heavy atom. The smallest absolute Gasteiger partial charge is 0.0584 e. The summed E-state index contributed by atoms with van der Waals surface area (Å²) >= 11 is 3.45. The number of hydrogen-bond acceptors (Lipinski definition) is 2. The average Bonchev–Trinajstić information content (AvgIpc) is 2.31. The van der Waals surface area contributed by atoms with Gasteiger partial charge in [0.2, 0.25) is 0 Å². The lowest BCUT2D eigenvalue weighted by Gasteiger charge is -2.35. The Bertz CT molecular complexity index is 338. The molecule has 0 amide bonds. The number of piperidine rings is 1. The second kappa shape index (κ2) is 5.30. The van der Waals surface area contributed by atoms with Crippen LogP contribution in [0.2, 0.25) is 0 Å². The molecule has 0 unspecified atom stereocenters. The Morgan fingerprint density at radius 1 is 1.31 bits per heavy atom. The third-order valence-electron chi connectivity index (χ3n) is 3.40. The van der Waals surface area contributed by atoms with Crippen LogP contribution in [0.25, 0.3) is 0 Å². The first kappa shape index (κ1) is 12.1. The maximum Gasteiger partial charge on any atom is 0.0584 e. The summed E-state index contributed by atoms with van der Waals surface area (Å²) in [5.41, 5.74) is 1.31. The van der Waals surface area contributed by atoms with Crippen molar-refractivity contribution in [1.82, 2.24) is 5.32 Å². The summed E-state index contributed by atoms with van der Waals surface area (Å²) in [6.07, 6.45) is 2.25. The standard InChI is InChI=1S/C13H18BrNO/c1-9-2-7-12(8-16)15-13(9)10-3-5-11(14)6-4-10/h3-6,9,12-13,15-16H,2,7-8H2,1H3/t9-,12-,13-/m0/s1. The van der Waals surface area contributed by atoms with Crippen LogP contribution in [0.15, 0.2) is 28.7 Å². The number of halogens is 1. The Morgan fingerprint density at radius 3 is 2.62 bits per heavy atom. The molecule has 3 atom stereocenters. The van der Waals surface area contributed by atoms with E-state index in [1.807, 2.05) is 0 Å². The molecule has 3 heteroatoms. The van der Waals surface area contributed by atoms with Crippen LogP contribution in [-0.4, -0.2) is 17.8 Å². The number of aliphatic hydroxyl groups is 1. The molecule has 1 fully saturated rings. The summed E-state index contributed by atoms with van der Waals surface area (Å²) in [6, 6.07) is 9.08. The minimum Gasteiger partial charge on any atom is -0.395 e. The second-order valence-electron chi connectivity index (χ2n) is 4.63. The molecule has 0 aromatic heterocycles. The molecule has 1 aromatic carbocycles. The van der Waals surface area contributed by atoms with E-state index in [1.165, 1.54) is 12.0 Å². The van der Waals surface area contributed by atoms with E-state index >= 15 is 0 Å². The molecule has 1 saturated heterocycles. The average molecular weight is 284 g/mol. The summed E-state index contributed by atoms with van der Waals surface area (Å²) in [7, 11) is 0. The first-order chi connectivity index (χ1) is 7.70.